The summed E-state index contributed by atoms with van der Waals surface area (Å²) in [5.74, 6) is 0. The van der Waals surface area contributed by atoms with E-state index >= 15 is 0 Å². The van der Waals surface area contributed by atoms with Crippen molar-refractivity contribution in [3.63, 3.8) is 0 Å². The lowest BCUT2D eigenvalue weighted by Gasteiger charge is -2.31. The summed E-state index contributed by atoms with van der Waals surface area (Å²) >= 11 is 0. The highest BCUT2D eigenvalue weighted by molar-refractivity contribution is 6.12. The second-order valence-electron chi connectivity index (χ2n) is 17.2. The Labute approximate surface area is 365 Å². The Balaban J connectivity index is 1.03. The third kappa shape index (κ3) is 4.67. The van der Waals surface area contributed by atoms with Crippen LogP contribution in [-0.2, 0) is 5.41 Å². The van der Waals surface area contributed by atoms with Gasteiger partial charge in [0.15, 0.2) is 0 Å². The summed E-state index contributed by atoms with van der Waals surface area (Å²) in [7, 11) is 0. The lowest BCUT2D eigenvalue weighted by atomic mass is 9.70. The lowest BCUT2D eigenvalue weighted by molar-refractivity contribution is 0.791. The predicted octanol–water partition coefficient (Wildman–Crippen LogP) is 15.6. The molecule has 0 amide bonds. The molecule has 2 aromatic heterocycles. The number of hydrogen-bond acceptors (Lipinski definition) is 0. The Hall–Kier alpha value is -8.20. The number of para-hydroxylation sites is 2. The first-order valence-electron chi connectivity index (χ1n) is 21.9. The van der Waals surface area contributed by atoms with E-state index in [4.69, 9.17) is 0 Å². The quantitative estimate of drug-likeness (QED) is 0.168. The summed E-state index contributed by atoms with van der Waals surface area (Å²) in [6, 6.07) is 85.9. The molecule has 2 nitrogen and oxygen atoms in total. The van der Waals surface area contributed by atoms with E-state index in [1.54, 1.807) is 0 Å². The second-order valence-corrected chi connectivity index (χ2v) is 17.2. The Morgan fingerprint density at radius 2 is 0.619 bits per heavy atom. The van der Waals surface area contributed by atoms with Gasteiger partial charge in [-0.25, -0.2) is 0 Å². The summed E-state index contributed by atoms with van der Waals surface area (Å²) in [6.45, 7) is 0. The average molecular weight is 799 g/mol. The van der Waals surface area contributed by atoms with Crippen LogP contribution in [0, 0.1) is 0 Å². The highest BCUT2D eigenvalue weighted by Crippen LogP contribution is 2.63. The maximum Gasteiger partial charge on any atom is 0.0727 e. The van der Waals surface area contributed by atoms with E-state index < -0.39 is 5.41 Å². The minimum absolute atomic E-state index is 0.525. The van der Waals surface area contributed by atoms with Gasteiger partial charge in [-0.15, -0.1) is 0 Å². The summed E-state index contributed by atoms with van der Waals surface area (Å²) in [4.78, 5) is 0. The molecule has 0 atom stereocenters. The molecule has 0 aliphatic heterocycles. The molecule has 14 rings (SSSR count). The normalized spacial score (nSPS) is 13.2. The van der Waals surface area contributed by atoms with Gasteiger partial charge >= 0.3 is 0 Å². The van der Waals surface area contributed by atoms with Gasteiger partial charge in [0, 0.05) is 32.9 Å². The zero-order valence-electron chi connectivity index (χ0n) is 34.3. The summed E-state index contributed by atoms with van der Waals surface area (Å²) in [6.07, 6.45) is 0. The van der Waals surface area contributed by atoms with Crippen molar-refractivity contribution in [1.82, 2.24) is 9.13 Å². The lowest BCUT2D eigenvalue weighted by Crippen LogP contribution is -2.26. The minimum Gasteiger partial charge on any atom is -0.309 e. The smallest absolute Gasteiger partial charge is 0.0727 e. The van der Waals surface area contributed by atoms with Gasteiger partial charge in [-0.2, -0.15) is 0 Å². The summed E-state index contributed by atoms with van der Waals surface area (Å²) in [5, 5.41) is 5.03. The van der Waals surface area contributed by atoms with E-state index in [1.165, 1.54) is 122 Å². The van der Waals surface area contributed by atoms with Gasteiger partial charge in [-0.3, -0.25) is 0 Å². The molecule has 0 bridgehead atoms. The molecule has 292 valence electrons. The predicted molar refractivity (Wildman–Crippen MR) is 262 cm³/mol. The van der Waals surface area contributed by atoms with E-state index in [0.717, 1.165) is 0 Å². The van der Waals surface area contributed by atoms with Crippen LogP contribution in [0.1, 0.15) is 22.3 Å². The number of benzene rings is 10. The number of nitrogens with zero attached hydrogens (tertiary/aromatic N) is 2. The Kier molecular flexibility index (Phi) is 7.07. The van der Waals surface area contributed by atoms with Gasteiger partial charge in [-0.05, 0) is 127 Å². The third-order valence-corrected chi connectivity index (χ3v) is 14.1. The van der Waals surface area contributed by atoms with E-state index in [2.05, 4.69) is 240 Å². The van der Waals surface area contributed by atoms with Gasteiger partial charge < -0.3 is 9.13 Å². The first-order valence-corrected chi connectivity index (χ1v) is 21.9. The fourth-order valence-corrected chi connectivity index (χ4v) is 11.5. The van der Waals surface area contributed by atoms with Crippen LogP contribution in [-0.4, -0.2) is 9.13 Å². The standard InChI is InChI=1S/C61H38N2/c1-3-15-39(16-4-1)41-27-33-59-51(35-41)49-21-9-13-25-57(49)62(59)43-29-31-47-48-32-30-44(38-56(48)61(55(47)37-43)53-23-11-7-19-45(53)46-20-8-12-24-54(46)61)63-58-26-14-10-22-50(58)52-36-42(28-34-60(52)63)40-17-5-2-6-18-40/h1-38H. The van der Waals surface area contributed by atoms with Crippen LogP contribution in [0.2, 0.25) is 0 Å². The van der Waals surface area contributed by atoms with Crippen molar-refractivity contribution < 1.29 is 0 Å². The fourth-order valence-electron chi connectivity index (χ4n) is 11.5. The molecule has 2 heterocycles. The van der Waals surface area contributed by atoms with Crippen LogP contribution >= 0.6 is 0 Å². The van der Waals surface area contributed by atoms with Crippen molar-refractivity contribution >= 4 is 43.6 Å². The molecule has 0 unspecified atom stereocenters. The number of fused-ring (bicyclic) bond motifs is 16. The van der Waals surface area contributed by atoms with Gasteiger partial charge in [0.1, 0.15) is 0 Å². The van der Waals surface area contributed by atoms with E-state index in [1.807, 2.05) is 0 Å². The molecule has 2 aliphatic rings. The zero-order valence-corrected chi connectivity index (χ0v) is 34.3. The van der Waals surface area contributed by atoms with Crippen molar-refractivity contribution in [3.8, 4) is 55.9 Å². The fraction of sp³-hybridized carbons (Fsp3) is 0.0164. The minimum atomic E-state index is -0.525. The topological polar surface area (TPSA) is 9.86 Å². The van der Waals surface area contributed by atoms with Gasteiger partial charge in [0.2, 0.25) is 0 Å². The molecule has 10 aromatic carbocycles. The first kappa shape index (κ1) is 34.5. The first-order chi connectivity index (χ1) is 31.3. The van der Waals surface area contributed by atoms with E-state index in [0.29, 0.717) is 0 Å². The molecule has 0 N–H and O–H groups in total. The van der Waals surface area contributed by atoms with Gasteiger partial charge in [0.25, 0.3) is 0 Å². The van der Waals surface area contributed by atoms with Gasteiger partial charge in [0.05, 0.1) is 27.5 Å². The zero-order chi connectivity index (χ0) is 41.2. The van der Waals surface area contributed by atoms with E-state index in [-0.39, 0.29) is 0 Å². The molecule has 1 spiro atoms. The Morgan fingerprint density at radius 3 is 1.10 bits per heavy atom. The molecule has 12 aromatic rings. The van der Waals surface area contributed by atoms with Crippen molar-refractivity contribution in [2.75, 3.05) is 0 Å². The molecular formula is C61H38N2. The molecule has 0 radical (unpaired) electrons. The monoisotopic (exact) mass is 798 g/mol. The molecule has 2 aliphatic carbocycles. The van der Waals surface area contributed by atoms with Crippen molar-refractivity contribution in [2.24, 2.45) is 0 Å². The van der Waals surface area contributed by atoms with Crippen LogP contribution in [0.4, 0.5) is 0 Å². The number of rotatable bonds is 4. The number of hydrogen-bond donors (Lipinski definition) is 0. The molecule has 0 saturated heterocycles. The van der Waals surface area contributed by atoms with Crippen LogP contribution in [0.3, 0.4) is 0 Å². The van der Waals surface area contributed by atoms with Crippen molar-refractivity contribution in [1.29, 1.82) is 0 Å². The second kappa shape index (κ2) is 12.9. The van der Waals surface area contributed by atoms with E-state index in [9.17, 15) is 0 Å². The molecule has 0 fully saturated rings. The Morgan fingerprint density at radius 1 is 0.238 bits per heavy atom. The van der Waals surface area contributed by atoms with Crippen LogP contribution < -0.4 is 0 Å². The summed E-state index contributed by atoms with van der Waals surface area (Å²) < 4.78 is 4.97. The Bertz CT molecular complexity index is 3590. The van der Waals surface area contributed by atoms with Crippen LogP contribution in [0.5, 0.6) is 0 Å². The van der Waals surface area contributed by atoms with Crippen LogP contribution in [0.25, 0.3) is 99.5 Å². The van der Waals surface area contributed by atoms with Crippen LogP contribution in [0.15, 0.2) is 231 Å². The van der Waals surface area contributed by atoms with Crippen molar-refractivity contribution in [3.05, 3.63) is 253 Å². The highest BCUT2D eigenvalue weighted by Gasteiger charge is 2.52. The molecule has 63 heavy (non-hydrogen) atoms. The highest BCUT2D eigenvalue weighted by atomic mass is 15.0. The third-order valence-electron chi connectivity index (χ3n) is 14.1. The molecule has 2 heteroatoms. The van der Waals surface area contributed by atoms with Gasteiger partial charge in [-0.1, -0.05) is 170 Å². The average Bonchev–Trinajstić information content (AvgIpc) is 4.06. The molecular weight excluding hydrogens is 761 g/mol. The SMILES string of the molecule is c1ccc(-c2ccc3c(c2)c2ccccc2n3-c2ccc3c(c2)C2(c4ccccc4-c4ccccc42)c2cc(-n4c5ccccc5c5cc(-c6ccccc6)ccc54)ccc2-3)cc1. The maximum atomic E-state index is 2.51. The summed E-state index contributed by atoms with van der Waals surface area (Å²) in [5.41, 5.74) is 22.0. The van der Waals surface area contributed by atoms with Crippen molar-refractivity contribution in [2.45, 2.75) is 5.41 Å². The number of aromatic nitrogens is 2. The maximum absolute atomic E-state index is 2.51. The largest absolute Gasteiger partial charge is 0.309 e. The molecule has 0 saturated carbocycles.